The molecule has 2 rings (SSSR count). The minimum absolute atomic E-state index is 0.188. The third-order valence-corrected chi connectivity index (χ3v) is 2.23. The predicted octanol–water partition coefficient (Wildman–Crippen LogP) is 2.34. The van der Waals surface area contributed by atoms with Gasteiger partial charge in [-0.15, -0.1) is 0 Å². The fraction of sp³-hybridized carbons (Fsp3) is 0.500. The molecule has 2 aromatic rings. The molecule has 0 saturated carbocycles. The predicted molar refractivity (Wildman–Crippen MR) is 55.4 cm³/mol. The van der Waals surface area contributed by atoms with Crippen molar-refractivity contribution >= 4 is 11.2 Å². The molecule has 0 spiro atoms. The van der Waals surface area contributed by atoms with Gasteiger partial charge >= 0.3 is 6.18 Å². The number of aryl methyl sites for hydroxylation is 1. The monoisotopic (exact) mass is 244 g/mol. The van der Waals surface area contributed by atoms with Crippen molar-refractivity contribution in [2.45, 2.75) is 32.5 Å². The van der Waals surface area contributed by atoms with E-state index in [2.05, 4.69) is 15.1 Å². The number of rotatable bonds is 3. The van der Waals surface area contributed by atoms with E-state index in [0.717, 1.165) is 11.1 Å². The smallest absolute Gasteiger partial charge is 0.249 e. The summed E-state index contributed by atoms with van der Waals surface area (Å²) in [6, 6.07) is 0. The molecule has 0 aliphatic rings. The van der Waals surface area contributed by atoms with Crippen LogP contribution in [0.5, 0.6) is 0 Å². The number of hydrogen-bond acceptors (Lipinski definition) is 3. The maximum Gasteiger partial charge on any atom is 0.408 e. The zero-order chi connectivity index (χ0) is 12.5. The maximum absolute atomic E-state index is 12.3. The Bertz CT molecular complexity index is 518. The fourth-order valence-corrected chi connectivity index (χ4v) is 1.55. The van der Waals surface area contributed by atoms with Crippen molar-refractivity contribution in [2.75, 3.05) is 0 Å². The van der Waals surface area contributed by atoms with Gasteiger partial charge < -0.3 is 0 Å². The quantitative estimate of drug-likeness (QED) is 0.832. The molecule has 0 aliphatic heterocycles. The van der Waals surface area contributed by atoms with Crippen LogP contribution in [-0.4, -0.2) is 25.9 Å². The third-order valence-electron chi connectivity index (χ3n) is 2.23. The molecule has 0 amide bonds. The normalized spacial score (nSPS) is 12.2. The van der Waals surface area contributed by atoms with Crippen molar-refractivity contribution in [3.05, 3.63) is 18.1 Å². The second-order valence-corrected chi connectivity index (χ2v) is 3.74. The Morgan fingerprint density at radius 1 is 1.29 bits per heavy atom. The standard InChI is InChI=1S/C10H11F3N4/c1-2-3-7-4-14-8-5-15-17(9(8)16-7)6-10(11,12)13/h4-5H,2-3,6H2,1H3. The lowest BCUT2D eigenvalue weighted by molar-refractivity contribution is -0.141. The van der Waals surface area contributed by atoms with Crippen LogP contribution in [0, 0.1) is 0 Å². The van der Waals surface area contributed by atoms with Crippen LogP contribution in [0.25, 0.3) is 11.2 Å². The number of hydrogen-bond donors (Lipinski definition) is 0. The molecule has 92 valence electrons. The Balaban J connectivity index is 2.39. The average Bonchev–Trinajstić information content (AvgIpc) is 2.60. The Morgan fingerprint density at radius 3 is 2.71 bits per heavy atom. The summed E-state index contributed by atoms with van der Waals surface area (Å²) < 4.78 is 37.7. The molecule has 0 atom stereocenters. The highest BCUT2D eigenvalue weighted by atomic mass is 19.4. The highest BCUT2D eigenvalue weighted by molar-refractivity contribution is 5.69. The fourth-order valence-electron chi connectivity index (χ4n) is 1.55. The minimum Gasteiger partial charge on any atom is -0.249 e. The number of alkyl halides is 3. The molecule has 2 heterocycles. The van der Waals surface area contributed by atoms with Gasteiger partial charge in [0.2, 0.25) is 0 Å². The summed E-state index contributed by atoms with van der Waals surface area (Å²) in [5.41, 5.74) is 1.26. The molecule has 4 nitrogen and oxygen atoms in total. The number of nitrogens with zero attached hydrogens (tertiary/aromatic N) is 4. The van der Waals surface area contributed by atoms with Gasteiger partial charge in [-0.1, -0.05) is 13.3 Å². The SMILES string of the molecule is CCCc1cnc2cnn(CC(F)(F)F)c2n1. The van der Waals surface area contributed by atoms with E-state index in [1.54, 1.807) is 6.20 Å². The van der Waals surface area contributed by atoms with E-state index in [1.807, 2.05) is 6.92 Å². The minimum atomic E-state index is -4.30. The Morgan fingerprint density at radius 2 is 2.06 bits per heavy atom. The highest BCUT2D eigenvalue weighted by Gasteiger charge is 2.29. The zero-order valence-electron chi connectivity index (χ0n) is 9.20. The van der Waals surface area contributed by atoms with Gasteiger partial charge in [0.05, 0.1) is 11.9 Å². The molecular formula is C10H11F3N4. The van der Waals surface area contributed by atoms with Crippen molar-refractivity contribution in [3.63, 3.8) is 0 Å². The first-order chi connectivity index (χ1) is 7.99. The second kappa shape index (κ2) is 4.31. The Hall–Kier alpha value is -1.66. The molecular weight excluding hydrogens is 233 g/mol. The lowest BCUT2D eigenvalue weighted by atomic mass is 10.3. The van der Waals surface area contributed by atoms with Crippen LogP contribution >= 0.6 is 0 Å². The first-order valence-electron chi connectivity index (χ1n) is 5.24. The van der Waals surface area contributed by atoms with E-state index in [-0.39, 0.29) is 5.65 Å². The second-order valence-electron chi connectivity index (χ2n) is 3.74. The van der Waals surface area contributed by atoms with Crippen LogP contribution in [0.1, 0.15) is 19.0 Å². The molecule has 17 heavy (non-hydrogen) atoms. The van der Waals surface area contributed by atoms with Crippen molar-refractivity contribution < 1.29 is 13.2 Å². The van der Waals surface area contributed by atoms with E-state index in [9.17, 15) is 13.2 Å². The van der Waals surface area contributed by atoms with Gasteiger partial charge in [0.1, 0.15) is 12.1 Å². The van der Waals surface area contributed by atoms with Crippen LogP contribution in [-0.2, 0) is 13.0 Å². The van der Waals surface area contributed by atoms with Crippen molar-refractivity contribution in [2.24, 2.45) is 0 Å². The van der Waals surface area contributed by atoms with Crippen LogP contribution in [0.2, 0.25) is 0 Å². The molecule has 0 N–H and O–H groups in total. The molecule has 0 aromatic carbocycles. The van der Waals surface area contributed by atoms with Gasteiger partial charge in [-0.3, -0.25) is 0 Å². The summed E-state index contributed by atoms with van der Waals surface area (Å²) in [6.45, 7) is 0.833. The number of halogens is 3. The molecule has 2 aromatic heterocycles. The van der Waals surface area contributed by atoms with E-state index >= 15 is 0 Å². The average molecular weight is 244 g/mol. The largest absolute Gasteiger partial charge is 0.408 e. The first kappa shape index (κ1) is 11.8. The van der Waals surface area contributed by atoms with E-state index in [4.69, 9.17) is 0 Å². The Labute approximate surface area is 95.5 Å². The summed E-state index contributed by atoms with van der Waals surface area (Å²) in [5.74, 6) is 0. The van der Waals surface area contributed by atoms with Crippen LogP contribution in [0.4, 0.5) is 13.2 Å². The molecule has 0 radical (unpaired) electrons. The lowest BCUT2D eigenvalue weighted by Crippen LogP contribution is -2.19. The van der Waals surface area contributed by atoms with Crippen molar-refractivity contribution in [3.8, 4) is 0 Å². The van der Waals surface area contributed by atoms with E-state index in [1.165, 1.54) is 6.20 Å². The molecule has 0 unspecified atom stereocenters. The third kappa shape index (κ3) is 2.72. The first-order valence-corrected chi connectivity index (χ1v) is 5.24. The number of fused-ring (bicyclic) bond motifs is 1. The number of aromatic nitrogens is 4. The van der Waals surface area contributed by atoms with Gasteiger partial charge in [0, 0.05) is 6.20 Å². The molecule has 0 saturated heterocycles. The molecule has 0 fully saturated rings. The van der Waals surface area contributed by atoms with E-state index < -0.39 is 12.7 Å². The topological polar surface area (TPSA) is 43.6 Å². The van der Waals surface area contributed by atoms with Crippen LogP contribution < -0.4 is 0 Å². The van der Waals surface area contributed by atoms with E-state index in [0.29, 0.717) is 17.6 Å². The van der Waals surface area contributed by atoms with Gasteiger partial charge in [0.25, 0.3) is 0 Å². The molecule has 7 heteroatoms. The van der Waals surface area contributed by atoms with Gasteiger partial charge in [0.15, 0.2) is 5.65 Å². The summed E-state index contributed by atoms with van der Waals surface area (Å²) >= 11 is 0. The molecule has 0 aliphatic carbocycles. The van der Waals surface area contributed by atoms with Crippen molar-refractivity contribution in [1.29, 1.82) is 0 Å². The van der Waals surface area contributed by atoms with Crippen LogP contribution in [0.3, 0.4) is 0 Å². The summed E-state index contributed by atoms with van der Waals surface area (Å²) in [6.07, 6.45) is 0.129. The van der Waals surface area contributed by atoms with Gasteiger partial charge in [-0.2, -0.15) is 18.3 Å². The summed E-state index contributed by atoms with van der Waals surface area (Å²) in [5, 5.41) is 3.65. The zero-order valence-corrected chi connectivity index (χ0v) is 9.20. The maximum atomic E-state index is 12.3. The Kier molecular flexibility index (Phi) is 2.99. The highest BCUT2D eigenvalue weighted by Crippen LogP contribution is 2.19. The summed E-state index contributed by atoms with van der Waals surface area (Å²) in [4.78, 5) is 8.18. The van der Waals surface area contributed by atoms with Gasteiger partial charge in [-0.05, 0) is 6.42 Å². The van der Waals surface area contributed by atoms with Gasteiger partial charge in [-0.25, -0.2) is 14.6 Å². The van der Waals surface area contributed by atoms with Crippen LogP contribution in [0.15, 0.2) is 12.4 Å². The molecule has 0 bridgehead atoms. The summed E-state index contributed by atoms with van der Waals surface area (Å²) in [7, 11) is 0. The lowest BCUT2D eigenvalue weighted by Gasteiger charge is -2.07. The van der Waals surface area contributed by atoms with Crippen molar-refractivity contribution in [1.82, 2.24) is 19.7 Å².